The van der Waals surface area contributed by atoms with Crippen LogP contribution >= 0.6 is 0 Å². The maximum Gasteiger partial charge on any atom is 0.303 e. The molecule has 0 spiro atoms. The molecule has 7 nitrogen and oxygen atoms in total. The van der Waals surface area contributed by atoms with Crippen molar-refractivity contribution in [1.82, 2.24) is 4.90 Å². The third-order valence-corrected chi connectivity index (χ3v) is 6.57. The SMILES string of the molecule is CC(=O)OC1CCCCCCCC(O[C@@H]2O[C@H](C)C[C@H](N(C)C)[C@H]2OC(C)=O)CCCC1. The molecule has 1 aliphatic heterocycles. The van der Waals surface area contributed by atoms with Gasteiger partial charge in [-0.15, -0.1) is 0 Å². The number of hydrogen-bond donors (Lipinski definition) is 0. The predicted octanol–water partition coefficient (Wildman–Crippen LogP) is 4.60. The average Bonchev–Trinajstić information content (AvgIpc) is 2.72. The molecule has 0 aromatic carbocycles. The Labute approximate surface area is 194 Å². The molecule has 7 heteroatoms. The van der Waals surface area contributed by atoms with Crippen LogP contribution in [-0.2, 0) is 28.5 Å². The number of nitrogens with zero attached hydrogens (tertiary/aromatic N) is 1. The average molecular weight is 456 g/mol. The van der Waals surface area contributed by atoms with Crippen molar-refractivity contribution in [3.63, 3.8) is 0 Å². The van der Waals surface area contributed by atoms with Crippen LogP contribution in [0, 0.1) is 0 Å². The van der Waals surface area contributed by atoms with E-state index in [1.54, 1.807) is 0 Å². The molecule has 2 aliphatic rings. The molecule has 1 saturated heterocycles. The Morgan fingerprint density at radius 3 is 1.81 bits per heavy atom. The first-order valence-electron chi connectivity index (χ1n) is 12.6. The number of hydrogen-bond acceptors (Lipinski definition) is 7. The molecule has 0 bridgehead atoms. The van der Waals surface area contributed by atoms with Gasteiger partial charge in [-0.1, -0.05) is 32.1 Å². The van der Waals surface area contributed by atoms with Crippen molar-refractivity contribution >= 4 is 11.9 Å². The van der Waals surface area contributed by atoms with Gasteiger partial charge in [-0.25, -0.2) is 0 Å². The summed E-state index contributed by atoms with van der Waals surface area (Å²) in [5.41, 5.74) is 0. The van der Waals surface area contributed by atoms with Gasteiger partial charge in [0.2, 0.25) is 0 Å². The van der Waals surface area contributed by atoms with E-state index < -0.39 is 12.4 Å². The minimum absolute atomic E-state index is 0.0318. The van der Waals surface area contributed by atoms with Crippen molar-refractivity contribution < 1.29 is 28.5 Å². The number of ether oxygens (including phenoxy) is 4. The highest BCUT2D eigenvalue weighted by atomic mass is 16.7. The van der Waals surface area contributed by atoms with Crippen LogP contribution in [0.5, 0.6) is 0 Å². The summed E-state index contributed by atoms with van der Waals surface area (Å²) in [6.07, 6.45) is 11.5. The van der Waals surface area contributed by atoms with Gasteiger partial charge in [-0.05, 0) is 66.0 Å². The molecule has 32 heavy (non-hydrogen) atoms. The molecule has 2 unspecified atom stereocenters. The first-order chi connectivity index (χ1) is 15.3. The van der Waals surface area contributed by atoms with Crippen LogP contribution < -0.4 is 0 Å². The molecule has 6 atom stereocenters. The maximum atomic E-state index is 11.8. The number of esters is 2. The minimum Gasteiger partial charge on any atom is -0.463 e. The molecular weight excluding hydrogens is 410 g/mol. The van der Waals surface area contributed by atoms with Crippen molar-refractivity contribution in [2.24, 2.45) is 0 Å². The van der Waals surface area contributed by atoms with Crippen LogP contribution in [0.1, 0.15) is 97.8 Å². The molecule has 0 aromatic rings. The van der Waals surface area contributed by atoms with Gasteiger partial charge in [0.1, 0.15) is 6.10 Å². The summed E-state index contributed by atoms with van der Waals surface area (Å²) in [5, 5.41) is 0. The smallest absolute Gasteiger partial charge is 0.303 e. The van der Waals surface area contributed by atoms with Gasteiger partial charge >= 0.3 is 11.9 Å². The number of rotatable bonds is 5. The Morgan fingerprint density at radius 2 is 1.28 bits per heavy atom. The predicted molar refractivity (Wildman–Crippen MR) is 123 cm³/mol. The lowest BCUT2D eigenvalue weighted by Gasteiger charge is -2.43. The molecule has 0 aromatic heterocycles. The zero-order valence-electron chi connectivity index (χ0n) is 20.8. The lowest BCUT2D eigenvalue weighted by molar-refractivity contribution is -0.274. The van der Waals surface area contributed by atoms with E-state index >= 15 is 0 Å². The molecule has 186 valence electrons. The lowest BCUT2D eigenvalue weighted by atomic mass is 9.98. The molecular formula is C25H45NO6. The quantitative estimate of drug-likeness (QED) is 0.561. The third kappa shape index (κ3) is 9.75. The largest absolute Gasteiger partial charge is 0.463 e. The fraction of sp³-hybridized carbons (Fsp3) is 0.920. The summed E-state index contributed by atoms with van der Waals surface area (Å²) >= 11 is 0. The number of carbonyl (C=O) groups is 2. The van der Waals surface area contributed by atoms with Crippen LogP contribution in [0.15, 0.2) is 0 Å². The first-order valence-corrected chi connectivity index (χ1v) is 12.6. The van der Waals surface area contributed by atoms with Gasteiger partial charge in [0.05, 0.1) is 18.2 Å². The fourth-order valence-corrected chi connectivity index (χ4v) is 4.94. The van der Waals surface area contributed by atoms with E-state index in [1.807, 2.05) is 14.1 Å². The van der Waals surface area contributed by atoms with Crippen LogP contribution in [-0.4, -0.2) is 67.7 Å². The highest BCUT2D eigenvalue weighted by Gasteiger charge is 2.42. The second kappa shape index (κ2) is 14.2. The third-order valence-electron chi connectivity index (χ3n) is 6.57. The van der Waals surface area contributed by atoms with E-state index in [9.17, 15) is 9.59 Å². The standard InChI is InChI=1S/C25H45NO6/c1-18-17-23(26(4)5)24(31-20(3)28)25(29-18)32-22-14-10-8-6-7-9-13-21(30-19(2)27)15-11-12-16-22/h18,21-25H,6-17H2,1-5H3/t18-,21?,22?,23+,24-,25+/m1/s1. The molecule has 1 heterocycles. The van der Waals surface area contributed by atoms with Gasteiger partial charge in [0.25, 0.3) is 0 Å². The van der Waals surface area contributed by atoms with E-state index in [4.69, 9.17) is 18.9 Å². The molecule has 1 saturated carbocycles. The Bertz CT molecular complexity index is 569. The van der Waals surface area contributed by atoms with E-state index in [1.165, 1.54) is 33.1 Å². The normalized spacial score (nSPS) is 33.4. The molecule has 0 amide bonds. The van der Waals surface area contributed by atoms with E-state index in [0.717, 1.165) is 57.8 Å². The van der Waals surface area contributed by atoms with E-state index in [0.29, 0.717) is 0 Å². The Morgan fingerprint density at radius 1 is 0.781 bits per heavy atom. The zero-order valence-corrected chi connectivity index (χ0v) is 20.8. The molecule has 1 aliphatic carbocycles. The van der Waals surface area contributed by atoms with Crippen molar-refractivity contribution in [3.05, 3.63) is 0 Å². The van der Waals surface area contributed by atoms with E-state index in [2.05, 4.69) is 11.8 Å². The minimum atomic E-state index is -0.551. The van der Waals surface area contributed by atoms with Crippen molar-refractivity contribution in [2.75, 3.05) is 14.1 Å². The zero-order chi connectivity index (χ0) is 23.5. The highest BCUT2D eigenvalue weighted by molar-refractivity contribution is 5.66. The van der Waals surface area contributed by atoms with Gasteiger partial charge in [-0.3, -0.25) is 9.59 Å². The Balaban J connectivity index is 2.02. The number of carbonyl (C=O) groups excluding carboxylic acids is 2. The van der Waals surface area contributed by atoms with Crippen LogP contribution in [0.25, 0.3) is 0 Å². The van der Waals surface area contributed by atoms with Crippen LogP contribution in [0.3, 0.4) is 0 Å². The van der Waals surface area contributed by atoms with Crippen LogP contribution in [0.4, 0.5) is 0 Å². The van der Waals surface area contributed by atoms with Gasteiger partial charge < -0.3 is 23.8 Å². The van der Waals surface area contributed by atoms with Crippen molar-refractivity contribution in [3.8, 4) is 0 Å². The summed E-state index contributed by atoms with van der Waals surface area (Å²) in [4.78, 5) is 25.3. The monoisotopic (exact) mass is 455 g/mol. The summed E-state index contributed by atoms with van der Waals surface area (Å²) in [6, 6.07) is 0.0619. The Hall–Kier alpha value is -1.18. The molecule has 0 N–H and O–H groups in total. The lowest BCUT2D eigenvalue weighted by Crippen LogP contribution is -2.56. The summed E-state index contributed by atoms with van der Waals surface area (Å²) < 4.78 is 23.9. The topological polar surface area (TPSA) is 74.3 Å². The molecule has 2 fully saturated rings. The van der Waals surface area contributed by atoms with E-state index in [-0.39, 0.29) is 36.3 Å². The maximum absolute atomic E-state index is 11.8. The Kier molecular flexibility index (Phi) is 12.0. The number of likely N-dealkylation sites (N-methyl/N-ethyl adjacent to an activating group) is 1. The second-order valence-corrected chi connectivity index (χ2v) is 9.77. The molecule has 0 radical (unpaired) electrons. The van der Waals surface area contributed by atoms with Crippen molar-refractivity contribution in [2.45, 2.75) is 135 Å². The van der Waals surface area contributed by atoms with Gasteiger partial charge in [-0.2, -0.15) is 0 Å². The van der Waals surface area contributed by atoms with Crippen molar-refractivity contribution in [1.29, 1.82) is 0 Å². The first kappa shape index (κ1) is 27.1. The highest BCUT2D eigenvalue weighted by Crippen LogP contribution is 2.29. The summed E-state index contributed by atoms with van der Waals surface area (Å²) in [7, 11) is 4.02. The fourth-order valence-electron chi connectivity index (χ4n) is 4.94. The summed E-state index contributed by atoms with van der Waals surface area (Å²) in [6.45, 7) is 4.99. The van der Waals surface area contributed by atoms with Crippen LogP contribution in [0.2, 0.25) is 0 Å². The second-order valence-electron chi connectivity index (χ2n) is 9.77. The summed E-state index contributed by atoms with van der Waals surface area (Å²) in [5.74, 6) is -0.490. The van der Waals surface area contributed by atoms with Gasteiger partial charge in [0, 0.05) is 13.8 Å². The molecule has 2 rings (SSSR count). The van der Waals surface area contributed by atoms with Gasteiger partial charge in [0.15, 0.2) is 12.4 Å².